The summed E-state index contributed by atoms with van der Waals surface area (Å²) in [4.78, 5) is 15.7. The van der Waals surface area contributed by atoms with Crippen LogP contribution in [0.15, 0.2) is 47.6 Å². The van der Waals surface area contributed by atoms with Gasteiger partial charge >= 0.3 is 5.97 Å². The number of hydrogen-bond acceptors (Lipinski definition) is 3. The van der Waals surface area contributed by atoms with E-state index in [9.17, 15) is 4.79 Å². The molecule has 0 saturated heterocycles. The molecule has 1 atom stereocenters. The number of hydrogen-bond donors (Lipinski definition) is 1. The van der Waals surface area contributed by atoms with Crippen LogP contribution in [0.1, 0.15) is 12.0 Å². The Bertz CT molecular complexity index is 663. The van der Waals surface area contributed by atoms with Gasteiger partial charge in [-0.25, -0.2) is 4.79 Å². The number of aliphatic carboxylic acids is 1. The SMILES string of the molecule is O=C(O)C1CC(Cc2ccc3ccccc3c2)=NO1. The highest BCUT2D eigenvalue weighted by molar-refractivity contribution is 5.93. The summed E-state index contributed by atoms with van der Waals surface area (Å²) in [5.41, 5.74) is 1.90. The Morgan fingerprint density at radius 3 is 2.79 bits per heavy atom. The van der Waals surface area contributed by atoms with Crippen molar-refractivity contribution in [1.82, 2.24) is 0 Å². The quantitative estimate of drug-likeness (QED) is 0.917. The first-order valence-corrected chi connectivity index (χ1v) is 6.14. The maximum atomic E-state index is 10.8. The van der Waals surface area contributed by atoms with E-state index in [0.717, 1.165) is 11.3 Å². The average molecular weight is 255 g/mol. The Hall–Kier alpha value is -2.36. The van der Waals surface area contributed by atoms with Crippen LogP contribution in [-0.2, 0) is 16.1 Å². The van der Waals surface area contributed by atoms with Gasteiger partial charge in [0.1, 0.15) is 0 Å². The molecule has 0 radical (unpaired) electrons. The highest BCUT2D eigenvalue weighted by atomic mass is 16.7. The number of carboxylic acids is 1. The van der Waals surface area contributed by atoms with Crippen molar-refractivity contribution in [2.45, 2.75) is 18.9 Å². The van der Waals surface area contributed by atoms with Crippen LogP contribution in [0.4, 0.5) is 0 Å². The molecule has 19 heavy (non-hydrogen) atoms. The molecule has 0 saturated carbocycles. The first-order chi connectivity index (χ1) is 9.22. The zero-order chi connectivity index (χ0) is 13.2. The molecule has 0 aromatic heterocycles. The Kier molecular flexibility index (Phi) is 2.91. The Balaban J connectivity index is 1.77. The lowest BCUT2D eigenvalue weighted by atomic mass is 10.0. The molecule has 2 aromatic rings. The first kappa shape index (κ1) is 11.7. The van der Waals surface area contributed by atoms with Crippen LogP contribution in [0.2, 0.25) is 0 Å². The minimum Gasteiger partial charge on any atom is -0.478 e. The maximum absolute atomic E-state index is 10.8. The summed E-state index contributed by atoms with van der Waals surface area (Å²) in [6.07, 6.45) is 0.173. The molecule has 1 aliphatic rings. The van der Waals surface area contributed by atoms with Gasteiger partial charge in [-0.3, -0.25) is 0 Å². The van der Waals surface area contributed by atoms with Crippen LogP contribution in [0.3, 0.4) is 0 Å². The van der Waals surface area contributed by atoms with Crippen molar-refractivity contribution in [3.05, 3.63) is 48.0 Å². The molecule has 1 N–H and O–H groups in total. The van der Waals surface area contributed by atoms with Crippen LogP contribution in [0, 0.1) is 0 Å². The molecule has 0 amide bonds. The van der Waals surface area contributed by atoms with E-state index in [2.05, 4.69) is 29.4 Å². The van der Waals surface area contributed by atoms with E-state index in [0.29, 0.717) is 12.8 Å². The van der Waals surface area contributed by atoms with Crippen molar-refractivity contribution >= 4 is 22.5 Å². The molecule has 2 aromatic carbocycles. The van der Waals surface area contributed by atoms with Gasteiger partial charge in [0.15, 0.2) is 0 Å². The molecule has 4 heteroatoms. The van der Waals surface area contributed by atoms with Crippen molar-refractivity contribution < 1.29 is 14.7 Å². The highest BCUT2D eigenvalue weighted by Crippen LogP contribution is 2.19. The molecular weight excluding hydrogens is 242 g/mol. The third-order valence-corrected chi connectivity index (χ3v) is 3.23. The lowest BCUT2D eigenvalue weighted by Gasteiger charge is -2.03. The van der Waals surface area contributed by atoms with Gasteiger partial charge in [-0.15, -0.1) is 0 Å². The minimum absolute atomic E-state index is 0.363. The standard InChI is InChI=1S/C15H13NO3/c17-15(18)14-9-13(16-19-14)8-10-5-6-11-3-1-2-4-12(11)7-10/h1-7,14H,8-9H2,(H,17,18). The van der Waals surface area contributed by atoms with Gasteiger partial charge in [0.25, 0.3) is 0 Å². The van der Waals surface area contributed by atoms with Crippen LogP contribution >= 0.6 is 0 Å². The topological polar surface area (TPSA) is 58.9 Å². The zero-order valence-corrected chi connectivity index (χ0v) is 10.2. The molecule has 3 rings (SSSR count). The second-order valence-electron chi connectivity index (χ2n) is 4.65. The zero-order valence-electron chi connectivity index (χ0n) is 10.2. The largest absolute Gasteiger partial charge is 0.478 e. The molecule has 1 heterocycles. The molecule has 0 aliphatic carbocycles. The number of fused-ring (bicyclic) bond motifs is 1. The van der Waals surface area contributed by atoms with Crippen molar-refractivity contribution in [3.63, 3.8) is 0 Å². The molecule has 0 spiro atoms. The smallest absolute Gasteiger partial charge is 0.348 e. The molecule has 1 unspecified atom stereocenters. The van der Waals surface area contributed by atoms with E-state index in [1.807, 2.05) is 18.2 Å². The summed E-state index contributed by atoms with van der Waals surface area (Å²) in [7, 11) is 0. The van der Waals surface area contributed by atoms with Gasteiger partial charge in [-0.1, -0.05) is 47.6 Å². The Morgan fingerprint density at radius 1 is 1.26 bits per heavy atom. The Labute approximate surface area is 110 Å². The van der Waals surface area contributed by atoms with Gasteiger partial charge in [0.05, 0.1) is 5.71 Å². The number of carbonyl (C=O) groups is 1. The number of nitrogens with zero attached hydrogens (tertiary/aromatic N) is 1. The molecule has 4 nitrogen and oxygen atoms in total. The average Bonchev–Trinajstić information content (AvgIpc) is 2.87. The predicted molar refractivity (Wildman–Crippen MR) is 72.2 cm³/mol. The normalized spacial score (nSPS) is 18.1. The molecule has 96 valence electrons. The van der Waals surface area contributed by atoms with Crippen LogP contribution in [-0.4, -0.2) is 22.9 Å². The lowest BCUT2D eigenvalue weighted by Crippen LogP contribution is -2.20. The second-order valence-corrected chi connectivity index (χ2v) is 4.65. The van der Waals surface area contributed by atoms with Gasteiger partial charge in [-0.05, 0) is 16.3 Å². The number of oxime groups is 1. The highest BCUT2D eigenvalue weighted by Gasteiger charge is 2.27. The summed E-state index contributed by atoms with van der Waals surface area (Å²) < 4.78 is 0. The summed E-state index contributed by atoms with van der Waals surface area (Å²) in [5, 5.41) is 15.1. The van der Waals surface area contributed by atoms with E-state index in [1.54, 1.807) is 0 Å². The molecule has 0 fully saturated rings. The summed E-state index contributed by atoms with van der Waals surface area (Å²) in [6, 6.07) is 14.3. The predicted octanol–water partition coefficient (Wildman–Crippen LogP) is 2.61. The van der Waals surface area contributed by atoms with Crippen LogP contribution in [0.5, 0.6) is 0 Å². The van der Waals surface area contributed by atoms with E-state index in [4.69, 9.17) is 9.94 Å². The van der Waals surface area contributed by atoms with Crippen LogP contribution < -0.4 is 0 Å². The molecular formula is C15H13NO3. The minimum atomic E-state index is -0.961. The maximum Gasteiger partial charge on any atom is 0.348 e. The fourth-order valence-electron chi connectivity index (χ4n) is 2.25. The van der Waals surface area contributed by atoms with E-state index >= 15 is 0 Å². The third kappa shape index (κ3) is 2.42. The fourth-order valence-corrected chi connectivity index (χ4v) is 2.25. The second kappa shape index (κ2) is 4.72. The fraction of sp³-hybridized carbons (Fsp3) is 0.200. The van der Waals surface area contributed by atoms with Crippen molar-refractivity contribution in [1.29, 1.82) is 0 Å². The number of benzene rings is 2. The van der Waals surface area contributed by atoms with Gasteiger partial charge in [0.2, 0.25) is 6.10 Å². The van der Waals surface area contributed by atoms with Gasteiger partial charge in [-0.2, -0.15) is 0 Å². The van der Waals surface area contributed by atoms with Crippen molar-refractivity contribution in [3.8, 4) is 0 Å². The van der Waals surface area contributed by atoms with Crippen molar-refractivity contribution in [2.24, 2.45) is 5.16 Å². The van der Waals surface area contributed by atoms with E-state index in [-0.39, 0.29) is 0 Å². The summed E-state index contributed by atoms with van der Waals surface area (Å²) in [5.74, 6) is -0.961. The first-order valence-electron chi connectivity index (χ1n) is 6.14. The molecule has 0 bridgehead atoms. The number of carboxylic acid groups (broad SMARTS) is 1. The van der Waals surface area contributed by atoms with E-state index < -0.39 is 12.1 Å². The van der Waals surface area contributed by atoms with Crippen LogP contribution in [0.25, 0.3) is 10.8 Å². The van der Waals surface area contributed by atoms with Gasteiger partial charge in [0, 0.05) is 12.8 Å². The number of rotatable bonds is 3. The Morgan fingerprint density at radius 2 is 2.05 bits per heavy atom. The lowest BCUT2D eigenvalue weighted by molar-refractivity contribution is -0.148. The molecule has 1 aliphatic heterocycles. The summed E-state index contributed by atoms with van der Waals surface area (Å²) in [6.45, 7) is 0. The summed E-state index contributed by atoms with van der Waals surface area (Å²) >= 11 is 0. The van der Waals surface area contributed by atoms with Crippen molar-refractivity contribution in [2.75, 3.05) is 0 Å². The van der Waals surface area contributed by atoms with E-state index in [1.165, 1.54) is 10.8 Å². The van der Waals surface area contributed by atoms with Gasteiger partial charge < -0.3 is 9.94 Å². The monoisotopic (exact) mass is 255 g/mol. The third-order valence-electron chi connectivity index (χ3n) is 3.23.